The van der Waals surface area contributed by atoms with Crippen molar-refractivity contribution in [3.63, 3.8) is 0 Å². The minimum atomic E-state index is -0.465. The topological polar surface area (TPSA) is 29.5 Å². The van der Waals surface area contributed by atoms with E-state index in [1.165, 1.54) is 16.7 Å². The first kappa shape index (κ1) is 14.8. The SMILES string of the molecule is COCc1ccc(C(O)Cc2cc(C)cc(C)c2)cc1. The third-order valence-electron chi connectivity index (χ3n) is 3.39. The van der Waals surface area contributed by atoms with E-state index in [4.69, 9.17) is 4.74 Å². The van der Waals surface area contributed by atoms with E-state index < -0.39 is 6.10 Å². The average Bonchev–Trinajstić information content (AvgIpc) is 2.38. The molecule has 0 spiro atoms. The summed E-state index contributed by atoms with van der Waals surface area (Å²) in [6.07, 6.45) is 0.180. The van der Waals surface area contributed by atoms with Gasteiger partial charge in [0.25, 0.3) is 0 Å². The molecule has 0 aliphatic carbocycles. The second-order valence-electron chi connectivity index (χ2n) is 5.39. The van der Waals surface area contributed by atoms with Crippen LogP contribution in [-0.4, -0.2) is 12.2 Å². The van der Waals surface area contributed by atoms with Gasteiger partial charge in [-0.05, 0) is 30.5 Å². The highest BCUT2D eigenvalue weighted by Gasteiger charge is 2.09. The standard InChI is InChI=1S/C18H22O2/c1-13-8-14(2)10-16(9-13)11-18(19)17-6-4-15(5-7-17)12-20-3/h4-10,18-19H,11-12H2,1-3H3. The highest BCUT2D eigenvalue weighted by Crippen LogP contribution is 2.20. The number of hydrogen-bond donors (Lipinski definition) is 1. The quantitative estimate of drug-likeness (QED) is 0.897. The number of aliphatic hydroxyl groups is 1. The molecule has 0 aliphatic rings. The molecule has 106 valence electrons. The van der Waals surface area contributed by atoms with Gasteiger partial charge in [0.1, 0.15) is 0 Å². The molecule has 0 amide bonds. The maximum absolute atomic E-state index is 10.3. The summed E-state index contributed by atoms with van der Waals surface area (Å²) in [5.41, 5.74) is 5.72. The van der Waals surface area contributed by atoms with Crippen LogP contribution in [0.2, 0.25) is 0 Å². The van der Waals surface area contributed by atoms with Gasteiger partial charge in [-0.25, -0.2) is 0 Å². The van der Waals surface area contributed by atoms with Gasteiger partial charge >= 0.3 is 0 Å². The van der Waals surface area contributed by atoms with Gasteiger partial charge in [-0.15, -0.1) is 0 Å². The average molecular weight is 270 g/mol. The van der Waals surface area contributed by atoms with Gasteiger partial charge in [-0.1, -0.05) is 53.6 Å². The fraction of sp³-hybridized carbons (Fsp3) is 0.333. The van der Waals surface area contributed by atoms with Crippen molar-refractivity contribution in [2.24, 2.45) is 0 Å². The van der Waals surface area contributed by atoms with Crippen LogP contribution in [0.25, 0.3) is 0 Å². The van der Waals surface area contributed by atoms with Gasteiger partial charge < -0.3 is 9.84 Å². The van der Waals surface area contributed by atoms with Gasteiger partial charge in [-0.2, -0.15) is 0 Å². The molecule has 2 aromatic rings. The van der Waals surface area contributed by atoms with E-state index in [2.05, 4.69) is 32.0 Å². The maximum atomic E-state index is 10.3. The zero-order chi connectivity index (χ0) is 14.5. The Hall–Kier alpha value is -1.64. The molecule has 0 saturated carbocycles. The van der Waals surface area contributed by atoms with Crippen molar-refractivity contribution >= 4 is 0 Å². The number of benzene rings is 2. The number of methoxy groups -OCH3 is 1. The number of hydrogen-bond acceptors (Lipinski definition) is 2. The predicted molar refractivity (Wildman–Crippen MR) is 81.7 cm³/mol. The predicted octanol–water partition coefficient (Wildman–Crippen LogP) is 3.73. The lowest BCUT2D eigenvalue weighted by molar-refractivity contribution is 0.177. The Labute approximate surface area is 121 Å². The zero-order valence-corrected chi connectivity index (χ0v) is 12.4. The molecule has 2 rings (SSSR count). The molecule has 0 radical (unpaired) electrons. The molecule has 0 heterocycles. The Kier molecular flexibility index (Phi) is 4.94. The van der Waals surface area contributed by atoms with E-state index in [1.807, 2.05) is 24.3 Å². The Morgan fingerprint density at radius 2 is 1.55 bits per heavy atom. The summed E-state index contributed by atoms with van der Waals surface area (Å²) < 4.78 is 5.09. The van der Waals surface area contributed by atoms with E-state index >= 15 is 0 Å². The normalized spacial score (nSPS) is 12.4. The van der Waals surface area contributed by atoms with Crippen molar-refractivity contribution in [1.82, 2.24) is 0 Å². The first-order chi connectivity index (χ1) is 9.58. The molecule has 1 N–H and O–H groups in total. The zero-order valence-electron chi connectivity index (χ0n) is 12.4. The fourth-order valence-corrected chi connectivity index (χ4v) is 2.53. The van der Waals surface area contributed by atoms with Crippen molar-refractivity contribution in [2.75, 3.05) is 7.11 Å². The molecule has 1 atom stereocenters. The van der Waals surface area contributed by atoms with Gasteiger partial charge in [-0.3, -0.25) is 0 Å². The summed E-state index contributed by atoms with van der Waals surface area (Å²) in [6, 6.07) is 14.4. The molecule has 0 saturated heterocycles. The number of aliphatic hydroxyl groups excluding tert-OH is 1. The first-order valence-corrected chi connectivity index (χ1v) is 6.91. The fourth-order valence-electron chi connectivity index (χ4n) is 2.53. The van der Waals surface area contributed by atoms with Crippen LogP contribution in [0, 0.1) is 13.8 Å². The Bertz CT molecular complexity index is 538. The molecule has 2 nitrogen and oxygen atoms in total. The van der Waals surface area contributed by atoms with Gasteiger partial charge in [0, 0.05) is 13.5 Å². The summed E-state index contributed by atoms with van der Waals surface area (Å²) in [5.74, 6) is 0. The van der Waals surface area contributed by atoms with Crippen LogP contribution < -0.4 is 0 Å². The molecule has 1 unspecified atom stereocenters. The summed E-state index contributed by atoms with van der Waals surface area (Å²) in [7, 11) is 1.68. The lowest BCUT2D eigenvalue weighted by atomic mass is 9.98. The number of rotatable bonds is 5. The van der Waals surface area contributed by atoms with E-state index in [1.54, 1.807) is 7.11 Å². The van der Waals surface area contributed by atoms with Crippen molar-refractivity contribution in [3.05, 3.63) is 70.3 Å². The third kappa shape index (κ3) is 3.92. The first-order valence-electron chi connectivity index (χ1n) is 6.91. The third-order valence-corrected chi connectivity index (χ3v) is 3.39. The van der Waals surface area contributed by atoms with E-state index in [0.29, 0.717) is 13.0 Å². The van der Waals surface area contributed by atoms with Crippen molar-refractivity contribution in [3.8, 4) is 0 Å². The smallest absolute Gasteiger partial charge is 0.0830 e. The molecule has 0 aliphatic heterocycles. The largest absolute Gasteiger partial charge is 0.388 e. The summed E-state index contributed by atoms with van der Waals surface area (Å²) in [5, 5.41) is 10.3. The molecule has 20 heavy (non-hydrogen) atoms. The molecule has 2 heteroatoms. The second-order valence-corrected chi connectivity index (χ2v) is 5.39. The van der Waals surface area contributed by atoms with Gasteiger partial charge in [0.05, 0.1) is 12.7 Å². The van der Waals surface area contributed by atoms with Crippen molar-refractivity contribution in [2.45, 2.75) is 33.0 Å². The highest BCUT2D eigenvalue weighted by atomic mass is 16.5. The molecule has 0 bridgehead atoms. The van der Waals surface area contributed by atoms with Crippen LogP contribution in [-0.2, 0) is 17.8 Å². The molecule has 2 aromatic carbocycles. The summed E-state index contributed by atoms with van der Waals surface area (Å²) in [4.78, 5) is 0. The Morgan fingerprint density at radius 3 is 2.10 bits per heavy atom. The van der Waals surface area contributed by atoms with Crippen LogP contribution in [0.15, 0.2) is 42.5 Å². The summed E-state index contributed by atoms with van der Waals surface area (Å²) >= 11 is 0. The minimum Gasteiger partial charge on any atom is -0.388 e. The Balaban J connectivity index is 2.08. The molecular formula is C18H22O2. The van der Waals surface area contributed by atoms with Crippen molar-refractivity contribution < 1.29 is 9.84 Å². The lowest BCUT2D eigenvalue weighted by Crippen LogP contribution is -2.02. The number of aryl methyl sites for hydroxylation is 2. The van der Waals surface area contributed by atoms with Crippen molar-refractivity contribution in [1.29, 1.82) is 0 Å². The van der Waals surface area contributed by atoms with Crippen LogP contribution in [0.1, 0.15) is 33.9 Å². The van der Waals surface area contributed by atoms with E-state index in [9.17, 15) is 5.11 Å². The van der Waals surface area contributed by atoms with E-state index in [0.717, 1.165) is 11.1 Å². The molecule has 0 fully saturated rings. The van der Waals surface area contributed by atoms with Crippen LogP contribution in [0.5, 0.6) is 0 Å². The molecule has 0 aromatic heterocycles. The van der Waals surface area contributed by atoms with Gasteiger partial charge in [0.15, 0.2) is 0 Å². The van der Waals surface area contributed by atoms with Crippen LogP contribution in [0.3, 0.4) is 0 Å². The monoisotopic (exact) mass is 270 g/mol. The Morgan fingerprint density at radius 1 is 0.950 bits per heavy atom. The van der Waals surface area contributed by atoms with Crippen LogP contribution in [0.4, 0.5) is 0 Å². The van der Waals surface area contributed by atoms with E-state index in [-0.39, 0.29) is 0 Å². The molecular weight excluding hydrogens is 248 g/mol. The summed E-state index contributed by atoms with van der Waals surface area (Å²) in [6.45, 7) is 4.78. The van der Waals surface area contributed by atoms with Crippen LogP contribution >= 0.6 is 0 Å². The maximum Gasteiger partial charge on any atom is 0.0830 e. The minimum absolute atomic E-state index is 0.465. The lowest BCUT2D eigenvalue weighted by Gasteiger charge is -2.13. The second kappa shape index (κ2) is 6.69. The van der Waals surface area contributed by atoms with Gasteiger partial charge in [0.2, 0.25) is 0 Å². The number of ether oxygens (including phenoxy) is 1. The highest BCUT2D eigenvalue weighted by molar-refractivity contribution is 5.31.